The second kappa shape index (κ2) is 5.31. The molecule has 0 atom stereocenters. The van der Waals surface area contributed by atoms with Gasteiger partial charge in [0.1, 0.15) is 11.3 Å². The van der Waals surface area contributed by atoms with Crippen molar-refractivity contribution in [3.05, 3.63) is 39.7 Å². The Morgan fingerprint density at radius 1 is 1.50 bits per heavy atom. The van der Waals surface area contributed by atoms with E-state index >= 15 is 0 Å². The van der Waals surface area contributed by atoms with E-state index in [1.54, 1.807) is 6.07 Å². The lowest BCUT2D eigenvalue weighted by atomic mass is 9.91. The van der Waals surface area contributed by atoms with Crippen LogP contribution in [-0.4, -0.2) is 28.6 Å². The number of hydrogen-bond donors (Lipinski definition) is 1. The zero-order valence-electron chi connectivity index (χ0n) is 12.2. The van der Waals surface area contributed by atoms with E-state index in [2.05, 4.69) is 16.4 Å². The fourth-order valence-corrected chi connectivity index (χ4v) is 2.80. The van der Waals surface area contributed by atoms with Crippen molar-refractivity contribution in [2.45, 2.75) is 25.4 Å². The third kappa shape index (κ3) is 2.49. The number of hydroxylamine groups is 1. The Hall–Kier alpha value is -2.59. The number of nitro groups is 1. The summed E-state index contributed by atoms with van der Waals surface area (Å²) in [6.45, 7) is 3.06. The third-order valence-corrected chi connectivity index (χ3v) is 4.03. The van der Waals surface area contributed by atoms with Crippen LogP contribution in [0.15, 0.2) is 23.9 Å². The minimum atomic E-state index is -0.420. The number of terminal acetylenes is 1. The summed E-state index contributed by atoms with van der Waals surface area (Å²) in [4.78, 5) is 22.7. The van der Waals surface area contributed by atoms with Crippen molar-refractivity contribution in [1.82, 2.24) is 10.5 Å². The van der Waals surface area contributed by atoms with E-state index in [4.69, 9.17) is 11.3 Å². The fourth-order valence-electron chi connectivity index (χ4n) is 2.80. The van der Waals surface area contributed by atoms with Crippen LogP contribution in [0.3, 0.4) is 0 Å². The largest absolute Gasteiger partial charge is 0.351 e. The molecule has 3 heterocycles. The number of anilines is 1. The van der Waals surface area contributed by atoms with Crippen molar-refractivity contribution in [1.29, 1.82) is 0 Å². The van der Waals surface area contributed by atoms with E-state index < -0.39 is 10.5 Å². The minimum absolute atomic E-state index is 0.0341. The molecule has 1 saturated heterocycles. The molecule has 2 aliphatic heterocycles. The van der Waals surface area contributed by atoms with E-state index in [0.29, 0.717) is 37.4 Å². The maximum Gasteiger partial charge on any atom is 0.311 e. The fraction of sp³-hybridized carbons (Fsp3) is 0.400. The molecule has 0 amide bonds. The molecule has 7 heteroatoms. The van der Waals surface area contributed by atoms with Crippen LogP contribution < -0.4 is 10.4 Å². The molecule has 22 heavy (non-hydrogen) atoms. The number of nitrogens with one attached hydrogen (secondary N) is 1. The highest BCUT2D eigenvalue weighted by Gasteiger charge is 2.39. The van der Waals surface area contributed by atoms with Gasteiger partial charge >= 0.3 is 5.69 Å². The predicted octanol–water partition coefficient (Wildman–Crippen LogP) is 1.69. The van der Waals surface area contributed by atoms with Crippen LogP contribution in [0.25, 0.3) is 0 Å². The minimum Gasteiger partial charge on any atom is -0.351 e. The van der Waals surface area contributed by atoms with Gasteiger partial charge in [-0.15, -0.1) is 6.42 Å². The van der Waals surface area contributed by atoms with Crippen molar-refractivity contribution < 1.29 is 9.76 Å². The molecule has 0 aromatic carbocycles. The van der Waals surface area contributed by atoms with E-state index in [1.165, 1.54) is 6.07 Å². The molecule has 0 aliphatic carbocycles. The Morgan fingerprint density at radius 2 is 2.23 bits per heavy atom. The Morgan fingerprint density at radius 3 is 2.82 bits per heavy atom. The van der Waals surface area contributed by atoms with Crippen molar-refractivity contribution in [2.24, 2.45) is 0 Å². The lowest BCUT2D eigenvalue weighted by Crippen LogP contribution is -2.45. The van der Waals surface area contributed by atoms with Crippen LogP contribution >= 0.6 is 0 Å². The first-order chi connectivity index (χ1) is 10.5. The maximum absolute atomic E-state index is 11.2. The van der Waals surface area contributed by atoms with Crippen molar-refractivity contribution in [2.75, 3.05) is 18.0 Å². The number of allylic oxidation sites excluding steroid dienone is 1. The maximum atomic E-state index is 11.2. The van der Waals surface area contributed by atoms with Gasteiger partial charge in [-0.25, -0.2) is 4.98 Å². The van der Waals surface area contributed by atoms with E-state index in [9.17, 15) is 10.1 Å². The molecule has 1 spiro atoms. The zero-order valence-corrected chi connectivity index (χ0v) is 12.2. The van der Waals surface area contributed by atoms with E-state index in [1.807, 2.05) is 17.9 Å². The summed E-state index contributed by atoms with van der Waals surface area (Å²) in [5.74, 6) is 2.94. The molecular weight excluding hydrogens is 284 g/mol. The molecule has 1 aromatic heterocycles. The quantitative estimate of drug-likeness (QED) is 0.508. The molecule has 0 radical (unpaired) electrons. The Bertz CT molecular complexity index is 685. The van der Waals surface area contributed by atoms with Crippen LogP contribution in [0.4, 0.5) is 11.5 Å². The molecular formula is C15H16N4O3. The molecule has 2 aliphatic rings. The van der Waals surface area contributed by atoms with Crippen LogP contribution in [0.1, 0.15) is 18.5 Å². The average Bonchev–Trinajstić information content (AvgIpc) is 2.91. The van der Waals surface area contributed by atoms with Gasteiger partial charge < -0.3 is 4.90 Å². The van der Waals surface area contributed by atoms with Gasteiger partial charge in [0, 0.05) is 37.7 Å². The predicted molar refractivity (Wildman–Crippen MR) is 80.9 cm³/mol. The molecule has 1 fully saturated rings. The molecule has 3 rings (SSSR count). The SMILES string of the molecule is C#CC1=CC2(CCN(c3nc(C)ccc3[N+](=O)[O-])CC2)ON1. The molecule has 0 bridgehead atoms. The summed E-state index contributed by atoms with van der Waals surface area (Å²) < 4.78 is 0. The summed E-state index contributed by atoms with van der Waals surface area (Å²) >= 11 is 0. The van der Waals surface area contributed by atoms with Crippen molar-refractivity contribution in [3.63, 3.8) is 0 Å². The third-order valence-electron chi connectivity index (χ3n) is 4.03. The summed E-state index contributed by atoms with van der Waals surface area (Å²) in [6, 6.07) is 3.16. The van der Waals surface area contributed by atoms with Gasteiger partial charge in [0.2, 0.25) is 5.82 Å². The number of hydrogen-bond acceptors (Lipinski definition) is 6. The first kappa shape index (κ1) is 14.4. The summed E-state index contributed by atoms with van der Waals surface area (Å²) in [6.07, 6.45) is 8.66. The molecule has 1 N–H and O–H groups in total. The van der Waals surface area contributed by atoms with Crippen molar-refractivity contribution in [3.8, 4) is 12.3 Å². The second-order valence-electron chi connectivity index (χ2n) is 5.51. The summed E-state index contributed by atoms with van der Waals surface area (Å²) in [7, 11) is 0. The standard InChI is InChI=1S/C15H16N4O3/c1-3-12-10-15(22-17-12)6-8-18(9-7-15)14-13(19(20)21)5-4-11(2)16-14/h1,4-5,10,17H,6-9H2,2H3. The van der Waals surface area contributed by atoms with Crippen LogP contribution in [-0.2, 0) is 4.84 Å². The number of pyridine rings is 1. The van der Waals surface area contributed by atoms with Crippen LogP contribution in [0, 0.1) is 29.4 Å². The highest BCUT2D eigenvalue weighted by atomic mass is 16.7. The van der Waals surface area contributed by atoms with Crippen LogP contribution in [0.2, 0.25) is 0 Å². The first-order valence-electron chi connectivity index (χ1n) is 7.03. The molecule has 1 aromatic rings. The van der Waals surface area contributed by atoms with Gasteiger partial charge in [-0.3, -0.25) is 20.4 Å². The van der Waals surface area contributed by atoms with Gasteiger partial charge in [0.05, 0.1) is 4.92 Å². The number of aryl methyl sites for hydroxylation is 1. The lowest BCUT2D eigenvalue weighted by molar-refractivity contribution is -0.384. The smallest absolute Gasteiger partial charge is 0.311 e. The van der Waals surface area contributed by atoms with Gasteiger partial charge in [0.25, 0.3) is 0 Å². The highest BCUT2D eigenvalue weighted by molar-refractivity contribution is 5.58. The van der Waals surface area contributed by atoms with Crippen LogP contribution in [0.5, 0.6) is 0 Å². The summed E-state index contributed by atoms with van der Waals surface area (Å²) in [5.41, 5.74) is 3.75. The molecule has 0 saturated carbocycles. The summed E-state index contributed by atoms with van der Waals surface area (Å²) in [5, 5.41) is 11.2. The average molecular weight is 300 g/mol. The van der Waals surface area contributed by atoms with Gasteiger partial charge in [-0.2, -0.15) is 0 Å². The zero-order chi connectivity index (χ0) is 15.7. The van der Waals surface area contributed by atoms with E-state index in [0.717, 1.165) is 5.69 Å². The number of aromatic nitrogens is 1. The van der Waals surface area contributed by atoms with E-state index in [-0.39, 0.29) is 5.69 Å². The highest BCUT2D eigenvalue weighted by Crippen LogP contribution is 2.35. The first-order valence-corrected chi connectivity index (χ1v) is 7.03. The molecule has 0 unspecified atom stereocenters. The Kier molecular flexibility index (Phi) is 3.47. The van der Waals surface area contributed by atoms with Crippen molar-refractivity contribution >= 4 is 11.5 Å². The lowest BCUT2D eigenvalue weighted by Gasteiger charge is -2.36. The topological polar surface area (TPSA) is 80.5 Å². The second-order valence-corrected chi connectivity index (χ2v) is 5.51. The van der Waals surface area contributed by atoms with Gasteiger partial charge in [0.15, 0.2) is 0 Å². The Labute approximate surface area is 128 Å². The molecule has 114 valence electrons. The monoisotopic (exact) mass is 300 g/mol. The normalized spacial score (nSPS) is 19.5. The molecule has 7 nitrogen and oxygen atoms in total. The Balaban J connectivity index is 1.80. The number of rotatable bonds is 2. The van der Waals surface area contributed by atoms with Gasteiger partial charge in [-0.1, -0.05) is 5.92 Å². The van der Waals surface area contributed by atoms with Gasteiger partial charge in [-0.05, 0) is 19.1 Å². The number of nitrogens with zero attached hydrogens (tertiary/aromatic N) is 3. The number of piperidine rings is 1.